The Balaban J connectivity index is 1.71. The number of nitrogens with two attached hydrogens (primary N) is 1. The largest absolute Gasteiger partial charge is 0.445 e. The lowest BCUT2D eigenvalue weighted by atomic mass is 9.82. The highest BCUT2D eigenvalue weighted by Crippen LogP contribution is 2.41. The highest BCUT2D eigenvalue weighted by Gasteiger charge is 2.54. The number of amides is 2. The fraction of sp³-hybridized carbons (Fsp3) is 0.529. The number of fused-ring (bicyclic) bond motifs is 2. The van der Waals surface area contributed by atoms with E-state index in [9.17, 15) is 18.0 Å². The van der Waals surface area contributed by atoms with Crippen molar-refractivity contribution in [1.82, 2.24) is 5.32 Å². The smallest absolute Gasteiger partial charge is 0.408 e. The minimum absolute atomic E-state index is 0.0155. The standard InChI is InChI=1S/C17H22N2O5S/c18-15(20)17(9-13-7-4-8-14(10-17)25(13,22)23)19-16(21)24-11-12-5-2-1-3-6-12/h1-3,5-6,13-14H,4,7-11H2,(H2,18,20)(H,19,21). The summed E-state index contributed by atoms with van der Waals surface area (Å²) in [5.41, 5.74) is 4.99. The van der Waals surface area contributed by atoms with Crippen molar-refractivity contribution in [2.24, 2.45) is 5.73 Å². The molecule has 2 atom stereocenters. The van der Waals surface area contributed by atoms with E-state index in [0.29, 0.717) is 12.8 Å². The van der Waals surface area contributed by atoms with E-state index in [4.69, 9.17) is 10.5 Å². The van der Waals surface area contributed by atoms with Crippen molar-refractivity contribution < 1.29 is 22.7 Å². The van der Waals surface area contributed by atoms with Gasteiger partial charge in [-0.15, -0.1) is 0 Å². The highest BCUT2D eigenvalue weighted by atomic mass is 32.2. The van der Waals surface area contributed by atoms with Crippen LogP contribution in [0, 0.1) is 0 Å². The minimum atomic E-state index is -3.26. The number of sulfone groups is 1. The molecule has 0 spiro atoms. The van der Waals surface area contributed by atoms with Crippen molar-refractivity contribution in [1.29, 1.82) is 0 Å². The first kappa shape index (κ1) is 17.7. The molecule has 2 aliphatic heterocycles. The van der Waals surface area contributed by atoms with Crippen LogP contribution >= 0.6 is 0 Å². The first-order chi connectivity index (χ1) is 11.8. The second-order valence-electron chi connectivity index (χ2n) is 6.81. The van der Waals surface area contributed by atoms with Crippen LogP contribution in [0.1, 0.15) is 37.7 Å². The first-order valence-electron chi connectivity index (χ1n) is 8.35. The lowest BCUT2D eigenvalue weighted by Crippen LogP contribution is -2.65. The topological polar surface area (TPSA) is 116 Å². The quantitative estimate of drug-likeness (QED) is 0.832. The van der Waals surface area contributed by atoms with Crippen LogP contribution in [0.25, 0.3) is 0 Å². The predicted molar refractivity (Wildman–Crippen MR) is 91.3 cm³/mol. The van der Waals surface area contributed by atoms with Gasteiger partial charge in [-0.2, -0.15) is 0 Å². The molecule has 136 valence electrons. The van der Waals surface area contributed by atoms with E-state index in [2.05, 4.69) is 5.32 Å². The molecule has 3 N–H and O–H groups in total. The molecular formula is C17H22N2O5S. The molecule has 2 fully saturated rings. The number of rotatable bonds is 4. The van der Waals surface area contributed by atoms with Gasteiger partial charge in [-0.25, -0.2) is 13.2 Å². The van der Waals surface area contributed by atoms with E-state index in [1.807, 2.05) is 30.3 Å². The SMILES string of the molecule is NC(=O)C1(NC(=O)OCc2ccccc2)CC2CCCC(C1)S2(=O)=O. The second kappa shape index (κ2) is 6.67. The van der Waals surface area contributed by atoms with Crippen LogP contribution in [0.5, 0.6) is 0 Å². The number of ether oxygens (including phenoxy) is 1. The molecule has 2 saturated heterocycles. The van der Waals surface area contributed by atoms with E-state index in [1.165, 1.54) is 0 Å². The number of alkyl carbamates (subject to hydrolysis) is 1. The molecule has 0 saturated carbocycles. The summed E-state index contributed by atoms with van der Waals surface area (Å²) in [5, 5.41) is 1.29. The summed E-state index contributed by atoms with van der Waals surface area (Å²) in [4.78, 5) is 24.3. The van der Waals surface area contributed by atoms with E-state index in [0.717, 1.165) is 12.0 Å². The van der Waals surface area contributed by atoms with Crippen molar-refractivity contribution in [3.8, 4) is 0 Å². The average Bonchev–Trinajstić information content (AvgIpc) is 2.54. The summed E-state index contributed by atoms with van der Waals surface area (Å²) < 4.78 is 30.0. The summed E-state index contributed by atoms with van der Waals surface area (Å²) in [6.07, 6.45) is 1.06. The summed E-state index contributed by atoms with van der Waals surface area (Å²) in [5.74, 6) is -0.712. The number of nitrogens with one attached hydrogen (secondary N) is 1. The van der Waals surface area contributed by atoms with Crippen LogP contribution in [0.15, 0.2) is 30.3 Å². The molecule has 2 aliphatic rings. The van der Waals surface area contributed by atoms with Crippen LogP contribution in [-0.2, 0) is 26.0 Å². The number of carbonyl (C=O) groups is 2. The molecule has 8 heteroatoms. The van der Waals surface area contributed by atoms with Gasteiger partial charge in [0.2, 0.25) is 5.91 Å². The number of hydrogen-bond donors (Lipinski definition) is 2. The van der Waals surface area contributed by atoms with Gasteiger partial charge in [0.05, 0.1) is 10.5 Å². The predicted octanol–water partition coefficient (Wildman–Crippen LogP) is 1.27. The van der Waals surface area contributed by atoms with Gasteiger partial charge >= 0.3 is 6.09 Å². The Bertz CT molecular complexity index is 743. The normalized spacial score (nSPS) is 30.2. The van der Waals surface area contributed by atoms with Gasteiger partial charge in [0.25, 0.3) is 0 Å². The molecule has 1 aromatic rings. The van der Waals surface area contributed by atoms with Crippen LogP contribution in [0.4, 0.5) is 4.79 Å². The highest BCUT2D eigenvalue weighted by molar-refractivity contribution is 7.92. The van der Waals surface area contributed by atoms with Crippen molar-refractivity contribution in [3.63, 3.8) is 0 Å². The molecule has 0 aliphatic carbocycles. The van der Waals surface area contributed by atoms with E-state index < -0.39 is 37.9 Å². The Hall–Kier alpha value is -2.09. The third-order valence-electron chi connectivity index (χ3n) is 5.16. The minimum Gasteiger partial charge on any atom is -0.445 e. The van der Waals surface area contributed by atoms with Crippen molar-refractivity contribution in [3.05, 3.63) is 35.9 Å². The summed E-state index contributed by atoms with van der Waals surface area (Å²) in [6, 6.07) is 9.14. The Morgan fingerprint density at radius 2 is 1.76 bits per heavy atom. The van der Waals surface area contributed by atoms with Crippen LogP contribution in [-0.4, -0.2) is 36.5 Å². The number of benzene rings is 1. The molecule has 2 unspecified atom stereocenters. The lowest BCUT2D eigenvalue weighted by molar-refractivity contribution is -0.125. The van der Waals surface area contributed by atoms with E-state index in [1.54, 1.807) is 0 Å². The number of carbonyl (C=O) groups excluding carboxylic acids is 2. The second-order valence-corrected chi connectivity index (χ2v) is 9.32. The monoisotopic (exact) mass is 366 g/mol. The first-order valence-corrected chi connectivity index (χ1v) is 9.96. The molecular weight excluding hydrogens is 344 g/mol. The number of hydrogen-bond acceptors (Lipinski definition) is 5. The number of primary amides is 1. The Labute approximate surface area is 146 Å². The zero-order chi connectivity index (χ0) is 18.1. The summed E-state index contributed by atoms with van der Waals surface area (Å²) >= 11 is 0. The van der Waals surface area contributed by atoms with Crippen LogP contribution in [0.3, 0.4) is 0 Å². The molecule has 0 radical (unpaired) electrons. The van der Waals surface area contributed by atoms with E-state index in [-0.39, 0.29) is 19.4 Å². The van der Waals surface area contributed by atoms with Crippen molar-refractivity contribution >= 4 is 21.8 Å². The summed E-state index contributed by atoms with van der Waals surface area (Å²) in [7, 11) is -3.26. The molecule has 7 nitrogen and oxygen atoms in total. The van der Waals surface area contributed by atoms with Gasteiger partial charge in [-0.3, -0.25) is 4.79 Å². The Morgan fingerprint density at radius 1 is 1.16 bits per heavy atom. The molecule has 25 heavy (non-hydrogen) atoms. The van der Waals surface area contributed by atoms with Gasteiger partial charge < -0.3 is 15.8 Å². The third-order valence-corrected chi connectivity index (χ3v) is 7.82. The maximum atomic E-state index is 12.4. The average molecular weight is 366 g/mol. The van der Waals surface area contributed by atoms with Gasteiger partial charge in [0, 0.05) is 0 Å². The molecule has 2 heterocycles. The van der Waals surface area contributed by atoms with Crippen LogP contribution in [0.2, 0.25) is 0 Å². The molecule has 0 aromatic heterocycles. The Kier molecular flexibility index (Phi) is 4.73. The fourth-order valence-corrected chi connectivity index (χ4v) is 6.36. The Morgan fingerprint density at radius 3 is 2.32 bits per heavy atom. The van der Waals surface area contributed by atoms with Gasteiger partial charge in [-0.05, 0) is 31.2 Å². The maximum Gasteiger partial charge on any atom is 0.408 e. The van der Waals surface area contributed by atoms with Crippen molar-refractivity contribution in [2.45, 2.75) is 54.7 Å². The fourth-order valence-electron chi connectivity index (χ4n) is 3.79. The lowest BCUT2D eigenvalue weighted by Gasteiger charge is -2.44. The molecule has 2 amide bonds. The zero-order valence-corrected chi connectivity index (χ0v) is 14.6. The van der Waals surface area contributed by atoms with Crippen molar-refractivity contribution in [2.75, 3.05) is 0 Å². The molecule has 1 aromatic carbocycles. The van der Waals surface area contributed by atoms with Gasteiger partial charge in [0.15, 0.2) is 9.84 Å². The van der Waals surface area contributed by atoms with E-state index >= 15 is 0 Å². The molecule has 3 rings (SSSR count). The third kappa shape index (κ3) is 3.49. The van der Waals surface area contributed by atoms with Gasteiger partial charge in [-0.1, -0.05) is 36.8 Å². The van der Waals surface area contributed by atoms with Gasteiger partial charge in [0.1, 0.15) is 12.1 Å². The molecule has 2 bridgehead atoms. The zero-order valence-electron chi connectivity index (χ0n) is 13.8. The van der Waals surface area contributed by atoms with Crippen LogP contribution < -0.4 is 11.1 Å². The summed E-state index contributed by atoms with van der Waals surface area (Å²) in [6.45, 7) is 0.0622. The maximum absolute atomic E-state index is 12.4.